The van der Waals surface area contributed by atoms with Crippen molar-refractivity contribution in [3.8, 4) is 11.5 Å². The molecule has 0 aromatic heterocycles. The zero-order valence-corrected chi connectivity index (χ0v) is 20.2. The number of alkyl halides is 2. The van der Waals surface area contributed by atoms with Crippen LogP contribution in [0.15, 0.2) is 29.4 Å². The van der Waals surface area contributed by atoms with Crippen molar-refractivity contribution in [2.45, 2.75) is 81.3 Å². The molecular weight excluding hydrogens is 451 g/mol. The first kappa shape index (κ1) is 23.3. The number of phenols is 2. The summed E-state index contributed by atoms with van der Waals surface area (Å²) in [7, 11) is 0. The van der Waals surface area contributed by atoms with E-state index in [1.807, 2.05) is 26.0 Å². The predicted molar refractivity (Wildman–Crippen MR) is 124 cm³/mol. The number of halogens is 2. The molecule has 4 bridgehead atoms. The topological polar surface area (TPSA) is 83.8 Å². The molecule has 1 aromatic rings. The van der Waals surface area contributed by atoms with Crippen LogP contribution in [0.2, 0.25) is 0 Å². The number of allylic oxidation sites excluding steroid dienone is 3. The first-order valence-electron chi connectivity index (χ1n) is 10.9. The second-order valence-electron chi connectivity index (χ2n) is 9.83. The number of ether oxygens (including phenoxy) is 1. The molecule has 3 unspecified atom stereocenters. The van der Waals surface area contributed by atoms with Crippen LogP contribution in [0.25, 0.3) is 0 Å². The van der Waals surface area contributed by atoms with E-state index in [1.165, 1.54) is 6.07 Å². The Bertz CT molecular complexity index is 1090. The van der Waals surface area contributed by atoms with Gasteiger partial charge >= 0.3 is 0 Å². The minimum Gasteiger partial charge on any atom is -0.507 e. The van der Waals surface area contributed by atoms with E-state index in [-0.39, 0.29) is 41.7 Å². The third-order valence-electron chi connectivity index (χ3n) is 7.10. The van der Waals surface area contributed by atoms with Crippen LogP contribution in [0.1, 0.15) is 79.7 Å². The van der Waals surface area contributed by atoms with Gasteiger partial charge in [0.25, 0.3) is 0 Å². The number of aromatic hydroxyl groups is 2. The third-order valence-corrected chi connectivity index (χ3v) is 8.41. The van der Waals surface area contributed by atoms with Gasteiger partial charge in [0.15, 0.2) is 17.2 Å². The fourth-order valence-corrected chi connectivity index (χ4v) is 5.87. The minimum atomic E-state index is -1.78. The highest BCUT2D eigenvalue weighted by Crippen LogP contribution is 2.57. The van der Waals surface area contributed by atoms with E-state index in [0.717, 1.165) is 24.0 Å². The number of phenolic OH excluding ortho intramolecular Hbond substituents is 2. The Morgan fingerprint density at radius 2 is 1.78 bits per heavy atom. The molecule has 5 nitrogen and oxygen atoms in total. The van der Waals surface area contributed by atoms with Crippen LogP contribution >= 0.6 is 23.2 Å². The molecule has 0 radical (unpaired) electrons. The Morgan fingerprint density at radius 3 is 2.47 bits per heavy atom. The van der Waals surface area contributed by atoms with E-state index in [2.05, 4.69) is 0 Å². The molecule has 1 heterocycles. The highest BCUT2D eigenvalue weighted by molar-refractivity contribution is 6.45. The molecule has 3 atom stereocenters. The molecule has 0 amide bonds. The zero-order valence-electron chi connectivity index (χ0n) is 18.7. The Kier molecular flexibility index (Phi) is 5.55. The number of Topliss-reactive ketones (excluding diaryl/α,β-unsaturated/α-hetero) is 2. The van der Waals surface area contributed by atoms with Gasteiger partial charge in [-0.3, -0.25) is 9.59 Å². The Labute approximate surface area is 198 Å². The second kappa shape index (κ2) is 7.61. The number of carbonyl (C=O) groups excluding carboxylic acids is 2. The Balaban J connectivity index is 2.06. The minimum absolute atomic E-state index is 0.00852. The molecular formula is C25H28Cl2O5. The predicted octanol–water partition coefficient (Wildman–Crippen LogP) is 5.62. The van der Waals surface area contributed by atoms with Crippen LogP contribution in [0, 0.1) is 0 Å². The molecule has 1 spiro atoms. The van der Waals surface area contributed by atoms with Gasteiger partial charge in [-0.25, -0.2) is 0 Å². The molecule has 2 N–H and O–H groups in total. The van der Waals surface area contributed by atoms with Gasteiger partial charge in [-0.15, -0.1) is 23.2 Å². The van der Waals surface area contributed by atoms with Gasteiger partial charge in [-0.05, 0) is 53.0 Å². The quantitative estimate of drug-likeness (QED) is 0.373. The van der Waals surface area contributed by atoms with Crippen molar-refractivity contribution in [3.63, 3.8) is 0 Å². The maximum Gasteiger partial charge on any atom is 0.198 e. The summed E-state index contributed by atoms with van der Waals surface area (Å²) >= 11 is 13.6. The molecule has 5 aliphatic rings. The SMILES string of the molecule is CC1=CCC23OC(C)(C)C(Cl)CC2(Cl)C(=O)c2c(cc(O)c(c2O)CC(C)=CCC1)C3=O. The maximum atomic E-state index is 14.0. The van der Waals surface area contributed by atoms with E-state index in [1.54, 1.807) is 13.8 Å². The molecule has 1 aliphatic heterocycles. The van der Waals surface area contributed by atoms with Crippen LogP contribution in [-0.2, 0) is 11.2 Å². The average molecular weight is 479 g/mol. The molecule has 32 heavy (non-hydrogen) atoms. The molecule has 0 saturated carbocycles. The van der Waals surface area contributed by atoms with Crippen LogP contribution in [0.4, 0.5) is 0 Å². The van der Waals surface area contributed by atoms with E-state index >= 15 is 0 Å². The molecule has 1 fully saturated rings. The number of hydrogen-bond acceptors (Lipinski definition) is 5. The number of rotatable bonds is 0. The van der Waals surface area contributed by atoms with Crippen LogP contribution < -0.4 is 0 Å². The van der Waals surface area contributed by atoms with Crippen LogP contribution in [0.5, 0.6) is 11.5 Å². The van der Waals surface area contributed by atoms with Crippen molar-refractivity contribution >= 4 is 34.8 Å². The Hall–Kier alpha value is -1.82. The number of hydrogen-bond donors (Lipinski definition) is 2. The van der Waals surface area contributed by atoms with E-state index in [0.29, 0.717) is 0 Å². The summed E-state index contributed by atoms with van der Waals surface area (Å²) in [5, 5.41) is 21.1. The summed E-state index contributed by atoms with van der Waals surface area (Å²) < 4.78 is 6.36. The van der Waals surface area contributed by atoms with Crippen molar-refractivity contribution in [1.82, 2.24) is 0 Å². The fourth-order valence-electron chi connectivity index (χ4n) is 5.06. The first-order chi connectivity index (χ1) is 14.8. The smallest absolute Gasteiger partial charge is 0.198 e. The summed E-state index contributed by atoms with van der Waals surface area (Å²) in [6.07, 6.45) is 5.82. The number of fused-ring (bicyclic) bond motifs is 1. The van der Waals surface area contributed by atoms with E-state index < -0.39 is 38.8 Å². The van der Waals surface area contributed by atoms with E-state index in [4.69, 9.17) is 27.9 Å². The number of ketones is 2. The summed E-state index contributed by atoms with van der Waals surface area (Å²) in [6, 6.07) is 1.27. The van der Waals surface area contributed by atoms with Gasteiger partial charge in [0.1, 0.15) is 16.4 Å². The highest BCUT2D eigenvalue weighted by atomic mass is 35.5. The van der Waals surface area contributed by atoms with Crippen LogP contribution in [-0.4, -0.2) is 43.2 Å². The lowest BCUT2D eigenvalue weighted by Crippen LogP contribution is -2.72. The van der Waals surface area contributed by atoms with Gasteiger partial charge in [0.05, 0.1) is 16.5 Å². The Morgan fingerprint density at radius 1 is 1.09 bits per heavy atom. The lowest BCUT2D eigenvalue weighted by atomic mass is 9.63. The summed E-state index contributed by atoms with van der Waals surface area (Å²) in [4.78, 5) is 26.1. The fraction of sp³-hybridized carbons (Fsp3) is 0.520. The monoisotopic (exact) mass is 478 g/mol. The molecule has 4 aliphatic carbocycles. The van der Waals surface area contributed by atoms with Gasteiger partial charge in [0, 0.05) is 24.0 Å². The second-order valence-corrected chi connectivity index (χ2v) is 11.0. The molecule has 1 aromatic carbocycles. The zero-order chi connectivity index (χ0) is 23.6. The van der Waals surface area contributed by atoms with Crippen molar-refractivity contribution in [2.24, 2.45) is 0 Å². The van der Waals surface area contributed by atoms with Crippen molar-refractivity contribution in [3.05, 3.63) is 46.1 Å². The third kappa shape index (κ3) is 3.24. The average Bonchev–Trinajstić information content (AvgIpc) is 2.70. The lowest BCUT2D eigenvalue weighted by Gasteiger charge is -2.56. The first-order valence-corrected chi connectivity index (χ1v) is 11.7. The molecule has 1 saturated heterocycles. The number of benzene rings is 1. The molecule has 172 valence electrons. The standard InChI is InChI=1S/C25H28Cl2O5/c1-13-6-5-7-14(2)10-15-17(28)11-16-19(20(15)29)22(31)24(27)12-18(26)23(3,4)32-25(24,9-8-13)21(16)30/h7-8,11,18,28-29H,5-6,9-10,12H2,1-4H3. The summed E-state index contributed by atoms with van der Waals surface area (Å²) in [6.45, 7) is 7.43. The van der Waals surface area contributed by atoms with Crippen molar-refractivity contribution < 1.29 is 24.5 Å². The molecule has 6 rings (SSSR count). The van der Waals surface area contributed by atoms with Gasteiger partial charge < -0.3 is 14.9 Å². The summed E-state index contributed by atoms with van der Waals surface area (Å²) in [5.74, 6) is -1.76. The van der Waals surface area contributed by atoms with Crippen molar-refractivity contribution in [2.75, 3.05) is 0 Å². The number of carbonyl (C=O) groups is 2. The maximum absolute atomic E-state index is 14.0. The van der Waals surface area contributed by atoms with E-state index in [9.17, 15) is 19.8 Å². The van der Waals surface area contributed by atoms with Crippen molar-refractivity contribution in [1.29, 1.82) is 0 Å². The highest BCUT2D eigenvalue weighted by Gasteiger charge is 2.70. The van der Waals surface area contributed by atoms with Gasteiger partial charge in [0.2, 0.25) is 0 Å². The normalized spacial score (nSPS) is 32.2. The van der Waals surface area contributed by atoms with Crippen LogP contribution in [0.3, 0.4) is 0 Å². The lowest BCUT2D eigenvalue weighted by molar-refractivity contribution is -0.157. The van der Waals surface area contributed by atoms with Gasteiger partial charge in [-0.2, -0.15) is 0 Å². The van der Waals surface area contributed by atoms with Gasteiger partial charge in [-0.1, -0.05) is 23.3 Å². The summed E-state index contributed by atoms with van der Waals surface area (Å²) in [5.41, 5.74) is -0.664. The molecule has 7 heteroatoms. The largest absolute Gasteiger partial charge is 0.507 e.